The molecule has 2 aromatic heterocycles. The zero-order valence-electron chi connectivity index (χ0n) is 18.4. The Kier molecular flexibility index (Phi) is 6.21. The fourth-order valence-electron chi connectivity index (χ4n) is 3.67. The molecular weight excluding hydrogens is 434 g/mol. The number of carbonyl (C=O) groups excluding carboxylic acids is 1. The molecule has 2 heterocycles. The monoisotopic (exact) mass is 459 g/mol. The molecule has 0 spiro atoms. The van der Waals surface area contributed by atoms with Crippen molar-refractivity contribution < 1.29 is 4.79 Å². The summed E-state index contributed by atoms with van der Waals surface area (Å²) in [6.45, 7) is 2.74. The molecule has 0 saturated heterocycles. The molecule has 1 N–H and O–H groups in total. The van der Waals surface area contributed by atoms with Gasteiger partial charge in [-0.2, -0.15) is 4.68 Å². The first-order chi connectivity index (χ1) is 16.2. The van der Waals surface area contributed by atoms with Crippen molar-refractivity contribution in [3.05, 3.63) is 59.1 Å². The van der Waals surface area contributed by atoms with Gasteiger partial charge >= 0.3 is 0 Å². The molecule has 168 valence electrons. The van der Waals surface area contributed by atoms with E-state index in [1.165, 1.54) is 17.5 Å². The van der Waals surface area contributed by atoms with Crippen molar-refractivity contribution in [3.8, 4) is 22.5 Å². The molecule has 0 atom stereocenters. The first kappa shape index (κ1) is 21.4. The highest BCUT2D eigenvalue weighted by molar-refractivity contribution is 7.15. The van der Waals surface area contributed by atoms with Crippen LogP contribution in [-0.4, -0.2) is 36.3 Å². The van der Waals surface area contributed by atoms with Gasteiger partial charge in [0.1, 0.15) is 5.01 Å². The Morgan fingerprint density at radius 3 is 2.61 bits per heavy atom. The molecule has 0 bridgehead atoms. The van der Waals surface area contributed by atoms with E-state index in [0.29, 0.717) is 24.7 Å². The smallest absolute Gasteiger partial charge is 0.250 e. The summed E-state index contributed by atoms with van der Waals surface area (Å²) >= 11 is 1.65. The van der Waals surface area contributed by atoms with Crippen molar-refractivity contribution in [1.82, 2.24) is 30.4 Å². The number of anilines is 1. The largest absolute Gasteiger partial charge is 0.356 e. The quantitative estimate of drug-likeness (QED) is 0.344. The number of tetrazole rings is 1. The molecule has 0 unspecified atom stereocenters. The molecule has 8 nitrogen and oxygen atoms in total. The summed E-state index contributed by atoms with van der Waals surface area (Å²) in [5.41, 5.74) is 4.00. The molecule has 0 aliphatic heterocycles. The third-order valence-electron chi connectivity index (χ3n) is 5.69. The zero-order valence-corrected chi connectivity index (χ0v) is 19.3. The summed E-state index contributed by atoms with van der Waals surface area (Å²) in [4.78, 5) is 12.6. The molecule has 5 rings (SSSR count). The van der Waals surface area contributed by atoms with Gasteiger partial charge in [0.25, 0.3) is 0 Å². The third kappa shape index (κ3) is 4.83. The van der Waals surface area contributed by atoms with Crippen LogP contribution in [0.3, 0.4) is 0 Å². The van der Waals surface area contributed by atoms with Crippen LogP contribution in [0.15, 0.2) is 48.5 Å². The fourth-order valence-corrected chi connectivity index (χ4v) is 4.58. The van der Waals surface area contributed by atoms with Gasteiger partial charge in [-0.05, 0) is 46.4 Å². The lowest BCUT2D eigenvalue weighted by Gasteiger charge is -2.10. The topological polar surface area (TPSA) is 98.5 Å². The SMILES string of the molecule is CCCCC(=O)n1nnnc1-c1ccccc1-c1ccc(CNc2nnc(C3CC3)s2)cc1. The van der Waals surface area contributed by atoms with Crippen molar-refractivity contribution in [1.29, 1.82) is 0 Å². The summed E-state index contributed by atoms with van der Waals surface area (Å²) < 4.78 is 1.32. The van der Waals surface area contributed by atoms with Gasteiger partial charge < -0.3 is 5.32 Å². The van der Waals surface area contributed by atoms with E-state index in [1.54, 1.807) is 11.3 Å². The van der Waals surface area contributed by atoms with Crippen LogP contribution in [0, 0.1) is 0 Å². The maximum atomic E-state index is 12.6. The molecule has 1 aliphatic carbocycles. The van der Waals surface area contributed by atoms with Crippen LogP contribution >= 0.6 is 11.3 Å². The maximum absolute atomic E-state index is 12.6. The minimum Gasteiger partial charge on any atom is -0.356 e. The Morgan fingerprint density at radius 1 is 1.06 bits per heavy atom. The predicted molar refractivity (Wildman–Crippen MR) is 128 cm³/mol. The fraction of sp³-hybridized carbons (Fsp3) is 0.333. The Balaban J connectivity index is 1.33. The molecule has 0 radical (unpaired) electrons. The highest BCUT2D eigenvalue weighted by Gasteiger charge is 2.27. The van der Waals surface area contributed by atoms with Crippen LogP contribution in [0.25, 0.3) is 22.5 Å². The number of benzene rings is 2. The van der Waals surface area contributed by atoms with E-state index >= 15 is 0 Å². The number of aromatic nitrogens is 6. The molecule has 33 heavy (non-hydrogen) atoms. The lowest BCUT2D eigenvalue weighted by Crippen LogP contribution is -2.14. The maximum Gasteiger partial charge on any atom is 0.250 e. The van der Waals surface area contributed by atoms with Gasteiger partial charge in [-0.1, -0.05) is 73.2 Å². The van der Waals surface area contributed by atoms with E-state index in [-0.39, 0.29) is 5.91 Å². The first-order valence-electron chi connectivity index (χ1n) is 11.3. The van der Waals surface area contributed by atoms with Gasteiger partial charge in [0.2, 0.25) is 11.0 Å². The second-order valence-electron chi connectivity index (χ2n) is 8.23. The van der Waals surface area contributed by atoms with Crippen LogP contribution in [-0.2, 0) is 6.54 Å². The molecule has 1 fully saturated rings. The Labute approximate surface area is 196 Å². The van der Waals surface area contributed by atoms with Crippen LogP contribution < -0.4 is 5.32 Å². The number of hydrogen-bond donors (Lipinski definition) is 1. The summed E-state index contributed by atoms with van der Waals surface area (Å²) in [6.07, 6.45) is 4.65. The van der Waals surface area contributed by atoms with Gasteiger partial charge in [0, 0.05) is 24.4 Å². The summed E-state index contributed by atoms with van der Waals surface area (Å²) in [5, 5.41) is 25.8. The average Bonchev–Trinajstić information content (AvgIpc) is 3.39. The number of rotatable bonds is 9. The van der Waals surface area contributed by atoms with Crippen LogP contribution in [0.4, 0.5) is 5.13 Å². The highest BCUT2D eigenvalue weighted by atomic mass is 32.1. The minimum absolute atomic E-state index is 0.0883. The standard InChI is InChI=1S/C24H25N7OS/c1-2-3-8-21(32)31-22(26-29-30-31)20-7-5-4-6-19(20)17-11-9-16(10-12-17)15-25-24-28-27-23(33-24)18-13-14-18/h4-7,9-12,18H,2-3,8,13-15H2,1H3,(H,25,28). The van der Waals surface area contributed by atoms with Gasteiger partial charge in [0.15, 0.2) is 5.82 Å². The van der Waals surface area contributed by atoms with Gasteiger partial charge in [-0.3, -0.25) is 4.79 Å². The Hall–Kier alpha value is -3.46. The summed E-state index contributed by atoms with van der Waals surface area (Å²) in [7, 11) is 0. The second kappa shape index (κ2) is 9.58. The van der Waals surface area contributed by atoms with E-state index in [1.807, 2.05) is 24.3 Å². The molecule has 4 aromatic rings. The highest BCUT2D eigenvalue weighted by Crippen LogP contribution is 2.42. The number of carbonyl (C=O) groups is 1. The lowest BCUT2D eigenvalue weighted by molar-refractivity contribution is 0.0883. The van der Waals surface area contributed by atoms with E-state index in [9.17, 15) is 4.79 Å². The van der Waals surface area contributed by atoms with Crippen molar-refractivity contribution >= 4 is 22.4 Å². The second-order valence-corrected chi connectivity index (χ2v) is 9.24. The first-order valence-corrected chi connectivity index (χ1v) is 12.1. The van der Waals surface area contributed by atoms with Crippen molar-refractivity contribution in [2.24, 2.45) is 0 Å². The van der Waals surface area contributed by atoms with E-state index in [4.69, 9.17) is 0 Å². The molecular formula is C24H25N7OS. The Bertz CT molecular complexity index is 1240. The van der Waals surface area contributed by atoms with Crippen LogP contribution in [0.2, 0.25) is 0 Å². The van der Waals surface area contributed by atoms with Crippen LogP contribution in [0.5, 0.6) is 0 Å². The third-order valence-corrected chi connectivity index (χ3v) is 6.74. The normalized spacial score (nSPS) is 13.2. The van der Waals surface area contributed by atoms with E-state index in [0.717, 1.165) is 45.2 Å². The molecule has 1 aliphatic rings. The van der Waals surface area contributed by atoms with Crippen molar-refractivity contribution in [2.45, 2.75) is 51.5 Å². The average molecular weight is 460 g/mol. The van der Waals surface area contributed by atoms with Gasteiger partial charge in [-0.25, -0.2) is 0 Å². The van der Waals surface area contributed by atoms with Crippen LogP contribution in [0.1, 0.15) is 60.3 Å². The predicted octanol–water partition coefficient (Wildman–Crippen LogP) is 5.18. The number of nitrogens with zero attached hydrogens (tertiary/aromatic N) is 6. The number of hydrogen-bond acceptors (Lipinski definition) is 8. The number of unbranched alkanes of at least 4 members (excludes halogenated alkanes) is 1. The molecule has 9 heteroatoms. The molecule has 1 saturated carbocycles. The van der Waals surface area contributed by atoms with E-state index in [2.05, 4.69) is 62.2 Å². The van der Waals surface area contributed by atoms with E-state index < -0.39 is 0 Å². The van der Waals surface area contributed by atoms with Crippen molar-refractivity contribution in [2.75, 3.05) is 5.32 Å². The number of nitrogens with one attached hydrogen (secondary N) is 1. The summed E-state index contributed by atoms with van der Waals surface area (Å²) in [5.74, 6) is 1.01. The molecule has 0 amide bonds. The van der Waals surface area contributed by atoms with Gasteiger partial charge in [0.05, 0.1) is 0 Å². The lowest BCUT2D eigenvalue weighted by atomic mass is 9.98. The summed E-state index contributed by atoms with van der Waals surface area (Å²) in [6, 6.07) is 16.2. The minimum atomic E-state index is -0.0883. The Morgan fingerprint density at radius 2 is 1.85 bits per heavy atom. The van der Waals surface area contributed by atoms with Crippen molar-refractivity contribution in [3.63, 3.8) is 0 Å². The van der Waals surface area contributed by atoms with Gasteiger partial charge in [-0.15, -0.1) is 15.3 Å². The zero-order chi connectivity index (χ0) is 22.6. The molecule has 2 aromatic carbocycles.